The second-order valence-electron chi connectivity index (χ2n) is 9.94. The molecular weight excluding hydrogens is 497 g/mol. The standard InChI is InChI=1S/C27H56NO8P/c1-4-5-6-7-8-9-10-11-12-13-14-15-18-24(2)27(36-37(31,32)35-22-20-28)25(23-29)34-21-17-16-19-26(30)33-3/h24-25,27,29H,4-23,28H2,1-3H3,(H,31,32)/t24?,25-,27?/m0/s1. The molecule has 0 fully saturated rings. The minimum absolute atomic E-state index is 0.0904. The fourth-order valence-electron chi connectivity index (χ4n) is 4.32. The summed E-state index contributed by atoms with van der Waals surface area (Å²) < 4.78 is 33.3. The summed E-state index contributed by atoms with van der Waals surface area (Å²) in [5.74, 6) is -0.411. The Morgan fingerprint density at radius 2 is 1.46 bits per heavy atom. The Hall–Kier alpha value is -0.540. The van der Waals surface area contributed by atoms with Gasteiger partial charge >= 0.3 is 13.8 Å². The van der Waals surface area contributed by atoms with Gasteiger partial charge in [0.2, 0.25) is 0 Å². The second-order valence-corrected chi connectivity index (χ2v) is 11.3. The van der Waals surface area contributed by atoms with Gasteiger partial charge in [-0.2, -0.15) is 0 Å². The number of nitrogens with two attached hydrogens (primary N) is 1. The summed E-state index contributed by atoms with van der Waals surface area (Å²) in [5.41, 5.74) is 5.38. The van der Waals surface area contributed by atoms with Gasteiger partial charge < -0.3 is 25.2 Å². The van der Waals surface area contributed by atoms with E-state index in [9.17, 15) is 19.4 Å². The van der Waals surface area contributed by atoms with Crippen molar-refractivity contribution in [2.24, 2.45) is 11.7 Å². The Kier molecular flexibility index (Phi) is 24.1. The minimum atomic E-state index is -4.35. The van der Waals surface area contributed by atoms with Crippen LogP contribution in [0.15, 0.2) is 0 Å². The van der Waals surface area contributed by atoms with Crippen LogP contribution >= 0.6 is 7.82 Å². The number of methoxy groups -OCH3 is 1. The van der Waals surface area contributed by atoms with Crippen molar-refractivity contribution < 1.29 is 37.9 Å². The third-order valence-electron chi connectivity index (χ3n) is 6.58. The molecule has 3 unspecified atom stereocenters. The number of phosphoric ester groups is 1. The largest absolute Gasteiger partial charge is 0.472 e. The zero-order valence-electron chi connectivity index (χ0n) is 23.7. The fourth-order valence-corrected chi connectivity index (χ4v) is 5.37. The molecule has 0 aliphatic rings. The smallest absolute Gasteiger partial charge is 0.469 e. The number of carbonyl (C=O) groups excluding carboxylic acids is 1. The number of aliphatic hydroxyl groups excluding tert-OH is 1. The van der Waals surface area contributed by atoms with E-state index in [0.29, 0.717) is 12.8 Å². The summed E-state index contributed by atoms with van der Waals surface area (Å²) in [6.45, 7) is 4.09. The molecule has 0 radical (unpaired) electrons. The average molecular weight is 554 g/mol. The number of rotatable bonds is 27. The number of hydrogen-bond donors (Lipinski definition) is 3. The van der Waals surface area contributed by atoms with Crippen molar-refractivity contribution >= 4 is 13.8 Å². The van der Waals surface area contributed by atoms with Gasteiger partial charge in [-0.05, 0) is 25.2 Å². The molecule has 0 amide bonds. The van der Waals surface area contributed by atoms with E-state index >= 15 is 0 Å². The predicted octanol–water partition coefficient (Wildman–Crippen LogP) is 5.90. The van der Waals surface area contributed by atoms with Crippen molar-refractivity contribution in [2.45, 2.75) is 129 Å². The van der Waals surface area contributed by atoms with Gasteiger partial charge in [0, 0.05) is 19.6 Å². The summed E-state index contributed by atoms with van der Waals surface area (Å²) >= 11 is 0. The van der Waals surface area contributed by atoms with Crippen LogP contribution in [-0.2, 0) is 27.9 Å². The number of carbonyl (C=O) groups is 1. The Labute approximate surface area is 225 Å². The summed E-state index contributed by atoms with van der Waals surface area (Å²) in [4.78, 5) is 21.4. The van der Waals surface area contributed by atoms with Crippen LogP contribution in [-0.4, -0.2) is 61.7 Å². The maximum Gasteiger partial charge on any atom is 0.472 e. The van der Waals surface area contributed by atoms with Crippen LogP contribution in [0.2, 0.25) is 0 Å². The first kappa shape index (κ1) is 36.5. The van der Waals surface area contributed by atoms with Gasteiger partial charge in [-0.15, -0.1) is 0 Å². The van der Waals surface area contributed by atoms with Gasteiger partial charge in [0.15, 0.2) is 0 Å². The molecule has 0 spiro atoms. The second kappa shape index (κ2) is 24.5. The number of aliphatic hydroxyl groups is 1. The molecule has 0 aliphatic heterocycles. The van der Waals surface area contributed by atoms with Gasteiger partial charge in [0.1, 0.15) is 12.2 Å². The molecule has 37 heavy (non-hydrogen) atoms. The first-order valence-corrected chi connectivity index (χ1v) is 16.0. The van der Waals surface area contributed by atoms with Crippen LogP contribution in [0.25, 0.3) is 0 Å². The third-order valence-corrected chi connectivity index (χ3v) is 7.60. The third kappa shape index (κ3) is 21.0. The lowest BCUT2D eigenvalue weighted by atomic mass is 9.93. The SMILES string of the molecule is CCCCCCCCCCCCCCC(C)C(OP(=O)(O)OCCN)[C@H](CO)OCCCCC(=O)OC. The molecule has 0 aromatic heterocycles. The van der Waals surface area contributed by atoms with Crippen molar-refractivity contribution in [1.82, 2.24) is 0 Å². The lowest BCUT2D eigenvalue weighted by Crippen LogP contribution is -2.39. The van der Waals surface area contributed by atoms with E-state index in [1.807, 2.05) is 6.92 Å². The van der Waals surface area contributed by atoms with Crippen molar-refractivity contribution in [2.75, 3.05) is 33.5 Å². The number of ether oxygens (including phenoxy) is 2. The molecule has 0 aromatic carbocycles. The normalized spacial score (nSPS) is 15.7. The van der Waals surface area contributed by atoms with Crippen LogP contribution in [0.5, 0.6) is 0 Å². The van der Waals surface area contributed by atoms with Gasteiger partial charge in [-0.3, -0.25) is 13.8 Å². The van der Waals surface area contributed by atoms with E-state index in [0.717, 1.165) is 19.3 Å². The quantitative estimate of drug-likeness (QED) is 0.0645. The van der Waals surface area contributed by atoms with Crippen molar-refractivity contribution in [3.05, 3.63) is 0 Å². The molecule has 10 heteroatoms. The van der Waals surface area contributed by atoms with Gasteiger partial charge in [-0.1, -0.05) is 90.9 Å². The highest BCUT2D eigenvalue weighted by atomic mass is 31.2. The van der Waals surface area contributed by atoms with Crippen LogP contribution < -0.4 is 5.73 Å². The lowest BCUT2D eigenvalue weighted by molar-refractivity contribution is -0.140. The molecule has 0 saturated carbocycles. The number of hydrogen-bond acceptors (Lipinski definition) is 8. The first-order valence-electron chi connectivity index (χ1n) is 14.5. The highest BCUT2D eigenvalue weighted by molar-refractivity contribution is 7.47. The maximum atomic E-state index is 12.4. The molecule has 0 bridgehead atoms. The number of esters is 1. The fraction of sp³-hybridized carbons (Fsp3) is 0.963. The summed E-state index contributed by atoms with van der Waals surface area (Å²) in [7, 11) is -3.00. The zero-order chi connectivity index (χ0) is 27.8. The molecule has 4 atom stereocenters. The molecule has 222 valence electrons. The number of phosphoric acid groups is 1. The highest BCUT2D eigenvalue weighted by Crippen LogP contribution is 2.46. The molecule has 4 N–H and O–H groups in total. The van der Waals surface area contributed by atoms with Gasteiger partial charge in [0.25, 0.3) is 0 Å². The Balaban J connectivity index is 4.53. The molecule has 0 saturated heterocycles. The van der Waals surface area contributed by atoms with E-state index < -0.39 is 20.0 Å². The first-order chi connectivity index (χ1) is 17.8. The van der Waals surface area contributed by atoms with E-state index in [-0.39, 0.29) is 44.7 Å². The molecular formula is C27H56NO8P. The lowest BCUT2D eigenvalue weighted by Gasteiger charge is -2.31. The predicted molar refractivity (Wildman–Crippen MR) is 147 cm³/mol. The van der Waals surface area contributed by atoms with Gasteiger partial charge in [0.05, 0.1) is 20.3 Å². The van der Waals surface area contributed by atoms with Crippen LogP contribution in [0.4, 0.5) is 0 Å². The van der Waals surface area contributed by atoms with Crippen LogP contribution in [0.1, 0.15) is 117 Å². The molecule has 9 nitrogen and oxygen atoms in total. The number of unbranched alkanes of at least 4 members (excludes halogenated alkanes) is 12. The van der Waals surface area contributed by atoms with E-state index in [4.69, 9.17) is 19.5 Å². The maximum absolute atomic E-state index is 12.4. The summed E-state index contributed by atoms with van der Waals surface area (Å²) in [5, 5.41) is 9.96. The van der Waals surface area contributed by atoms with Gasteiger partial charge in [-0.25, -0.2) is 4.57 Å². The van der Waals surface area contributed by atoms with E-state index in [1.165, 1.54) is 71.3 Å². The van der Waals surface area contributed by atoms with E-state index in [1.54, 1.807) is 0 Å². The van der Waals surface area contributed by atoms with Crippen molar-refractivity contribution in [3.8, 4) is 0 Å². The van der Waals surface area contributed by atoms with Crippen LogP contribution in [0, 0.1) is 5.92 Å². The highest BCUT2D eigenvalue weighted by Gasteiger charge is 2.35. The Morgan fingerprint density at radius 3 is 1.97 bits per heavy atom. The average Bonchev–Trinajstić information content (AvgIpc) is 2.88. The molecule has 0 aromatic rings. The molecule has 0 rings (SSSR count). The topological polar surface area (TPSA) is 138 Å². The summed E-state index contributed by atoms with van der Waals surface area (Å²) in [6, 6.07) is 0. The summed E-state index contributed by atoms with van der Waals surface area (Å²) in [6.07, 6.45) is 15.7. The van der Waals surface area contributed by atoms with Crippen LogP contribution in [0.3, 0.4) is 0 Å². The molecule has 0 aliphatic carbocycles. The monoisotopic (exact) mass is 553 g/mol. The van der Waals surface area contributed by atoms with Crippen molar-refractivity contribution in [1.29, 1.82) is 0 Å². The minimum Gasteiger partial charge on any atom is -0.469 e. The van der Waals surface area contributed by atoms with Crippen molar-refractivity contribution in [3.63, 3.8) is 0 Å². The Bertz CT molecular complexity index is 581. The van der Waals surface area contributed by atoms with E-state index in [2.05, 4.69) is 11.7 Å². The molecule has 0 heterocycles. The zero-order valence-corrected chi connectivity index (χ0v) is 24.6. The Morgan fingerprint density at radius 1 is 0.892 bits per heavy atom.